The highest BCUT2D eigenvalue weighted by Crippen LogP contribution is 2.58. The molecule has 0 bridgehead atoms. The summed E-state index contributed by atoms with van der Waals surface area (Å²) in [6.07, 6.45) is 1.83. The van der Waals surface area contributed by atoms with Gasteiger partial charge in [-0.2, -0.15) is 8.42 Å². The van der Waals surface area contributed by atoms with E-state index in [0.29, 0.717) is 47.2 Å². The molecule has 1 N–H and O–H groups in total. The number of aromatic nitrogens is 1. The highest BCUT2D eigenvalue weighted by atomic mass is 35.5. The zero-order chi connectivity index (χ0) is 32.0. The molecule has 2 saturated carbocycles. The third-order valence-corrected chi connectivity index (χ3v) is 9.59. The standard InChI is InChI=1S/C30H38ClN3O9S/c1-6-17-14-30(17,27(36)33-44(38,39)43-18-7-8-18)15-23(35)22-13-19(16-34(22)28(37)42-29(2,3)4)41-26-21-9-10-24(40-5)25(31)20(21)11-12-32-26/h9-12,17-19,22H,6-8,13-16H2,1-5H3,(H,33,36)/t17-,19-,22+,30?/m1/s1. The molecule has 1 unspecified atom stereocenters. The Labute approximate surface area is 262 Å². The molecule has 4 atom stereocenters. The Morgan fingerprint density at radius 3 is 2.48 bits per heavy atom. The Kier molecular flexibility index (Phi) is 8.78. The molecule has 2 aromatic rings. The summed E-state index contributed by atoms with van der Waals surface area (Å²) in [6, 6.07) is 4.25. The van der Waals surface area contributed by atoms with Gasteiger partial charge in [0, 0.05) is 29.8 Å². The second-order valence-corrected chi connectivity index (χ2v) is 14.4. The van der Waals surface area contributed by atoms with Crippen LogP contribution in [0.3, 0.4) is 0 Å². The number of amides is 2. The SMILES string of the molecule is CC[C@@H]1CC1(CC(=O)[C@@H]1C[C@@H](Oc2nccc3c(Cl)c(OC)ccc23)CN1C(=O)OC(C)(C)C)C(=O)NS(=O)(=O)OC1CC1. The van der Waals surface area contributed by atoms with Crippen LogP contribution in [0.1, 0.15) is 66.2 Å². The third kappa shape index (κ3) is 6.89. The Morgan fingerprint density at radius 1 is 1.14 bits per heavy atom. The van der Waals surface area contributed by atoms with E-state index in [0.717, 1.165) is 0 Å². The summed E-state index contributed by atoms with van der Waals surface area (Å²) < 4.78 is 49.0. The zero-order valence-electron chi connectivity index (χ0n) is 25.4. The maximum atomic E-state index is 13.9. The lowest BCUT2D eigenvalue weighted by molar-refractivity contribution is -0.132. The van der Waals surface area contributed by atoms with Gasteiger partial charge in [0.1, 0.15) is 17.5 Å². The van der Waals surface area contributed by atoms with Gasteiger partial charge >= 0.3 is 16.4 Å². The van der Waals surface area contributed by atoms with Gasteiger partial charge in [0.25, 0.3) is 0 Å². The van der Waals surface area contributed by atoms with Crippen LogP contribution in [0.25, 0.3) is 10.8 Å². The summed E-state index contributed by atoms with van der Waals surface area (Å²) >= 11 is 6.51. The van der Waals surface area contributed by atoms with Gasteiger partial charge in [-0.05, 0) is 64.2 Å². The number of Topliss-reactive ketones (excluding diaryl/α,β-unsaturated/α-hetero) is 1. The fourth-order valence-electron chi connectivity index (χ4n) is 5.79. The van der Waals surface area contributed by atoms with Crippen molar-refractivity contribution in [1.82, 2.24) is 14.6 Å². The Bertz CT molecular complexity index is 1570. The van der Waals surface area contributed by atoms with E-state index in [1.54, 1.807) is 45.2 Å². The van der Waals surface area contributed by atoms with E-state index in [9.17, 15) is 22.8 Å². The predicted molar refractivity (Wildman–Crippen MR) is 161 cm³/mol. The van der Waals surface area contributed by atoms with Gasteiger partial charge in [0.15, 0.2) is 5.78 Å². The number of halogens is 1. The van der Waals surface area contributed by atoms with Crippen LogP contribution >= 0.6 is 11.6 Å². The number of nitrogens with one attached hydrogen (secondary N) is 1. The number of rotatable bonds is 11. The van der Waals surface area contributed by atoms with Crippen LogP contribution in [0.4, 0.5) is 4.79 Å². The average Bonchev–Trinajstić information content (AvgIpc) is 3.84. The predicted octanol–water partition coefficient (Wildman–Crippen LogP) is 4.57. The number of carbonyl (C=O) groups is 3. The van der Waals surface area contributed by atoms with E-state index in [2.05, 4.69) is 4.98 Å². The number of pyridine rings is 1. The maximum Gasteiger partial charge on any atom is 0.411 e. The van der Waals surface area contributed by atoms with E-state index < -0.39 is 51.6 Å². The van der Waals surface area contributed by atoms with Crippen molar-refractivity contribution in [3.63, 3.8) is 0 Å². The molecule has 1 saturated heterocycles. The fourth-order valence-corrected chi connectivity index (χ4v) is 7.13. The summed E-state index contributed by atoms with van der Waals surface area (Å²) in [5.74, 6) is -0.561. The minimum Gasteiger partial charge on any atom is -0.495 e. The van der Waals surface area contributed by atoms with Crippen LogP contribution in [-0.4, -0.2) is 73.6 Å². The van der Waals surface area contributed by atoms with Crippen molar-refractivity contribution in [2.75, 3.05) is 13.7 Å². The topological polar surface area (TPSA) is 150 Å². The minimum atomic E-state index is -4.30. The molecule has 3 fully saturated rings. The molecule has 0 radical (unpaired) electrons. The third-order valence-electron chi connectivity index (χ3n) is 8.24. The van der Waals surface area contributed by atoms with Gasteiger partial charge < -0.3 is 14.2 Å². The van der Waals surface area contributed by atoms with Crippen molar-refractivity contribution in [2.45, 2.75) is 90.1 Å². The van der Waals surface area contributed by atoms with Crippen LogP contribution in [-0.2, 0) is 28.8 Å². The lowest BCUT2D eigenvalue weighted by Gasteiger charge is -2.28. The van der Waals surface area contributed by atoms with Crippen LogP contribution in [0.15, 0.2) is 24.4 Å². The first-order chi connectivity index (χ1) is 20.7. The first-order valence-corrected chi connectivity index (χ1v) is 16.5. The molecule has 14 heteroatoms. The van der Waals surface area contributed by atoms with Crippen molar-refractivity contribution in [1.29, 1.82) is 0 Å². The number of likely N-dealkylation sites (tertiary alicyclic amines) is 1. The monoisotopic (exact) mass is 651 g/mol. The van der Waals surface area contributed by atoms with Gasteiger partial charge in [0.2, 0.25) is 11.8 Å². The molecule has 12 nitrogen and oxygen atoms in total. The second kappa shape index (κ2) is 12.0. The number of ether oxygens (including phenoxy) is 3. The van der Waals surface area contributed by atoms with E-state index in [1.807, 2.05) is 11.6 Å². The number of carbonyl (C=O) groups excluding carboxylic acids is 3. The summed E-state index contributed by atoms with van der Waals surface area (Å²) in [5, 5.41) is 1.69. The number of nitrogens with zero attached hydrogens (tertiary/aromatic N) is 2. The maximum absolute atomic E-state index is 13.9. The first-order valence-electron chi connectivity index (χ1n) is 14.7. The van der Waals surface area contributed by atoms with Crippen LogP contribution in [0.5, 0.6) is 11.6 Å². The molecule has 1 aromatic carbocycles. The highest BCUT2D eigenvalue weighted by Gasteiger charge is 2.61. The largest absolute Gasteiger partial charge is 0.495 e. The molecule has 2 amide bonds. The molecule has 0 spiro atoms. The molecular formula is C30H38ClN3O9S. The molecule has 1 aliphatic heterocycles. The van der Waals surface area contributed by atoms with E-state index in [-0.39, 0.29) is 37.0 Å². The molecule has 2 heterocycles. The smallest absolute Gasteiger partial charge is 0.411 e. The van der Waals surface area contributed by atoms with E-state index >= 15 is 0 Å². The fraction of sp³-hybridized carbons (Fsp3) is 0.600. The zero-order valence-corrected chi connectivity index (χ0v) is 27.0. The number of hydrogen-bond donors (Lipinski definition) is 1. The number of methoxy groups -OCH3 is 1. The molecule has 240 valence electrons. The summed E-state index contributed by atoms with van der Waals surface area (Å²) in [7, 11) is -2.78. The molecular weight excluding hydrogens is 614 g/mol. The van der Waals surface area contributed by atoms with Crippen LogP contribution < -0.4 is 14.2 Å². The number of ketones is 1. The number of fused-ring (bicyclic) bond motifs is 1. The summed E-state index contributed by atoms with van der Waals surface area (Å²) in [5.41, 5.74) is -2.03. The minimum absolute atomic E-state index is 0.0350. The number of benzene rings is 1. The van der Waals surface area contributed by atoms with Gasteiger partial charge in [-0.1, -0.05) is 24.9 Å². The van der Waals surface area contributed by atoms with Crippen LogP contribution in [0.2, 0.25) is 5.02 Å². The highest BCUT2D eigenvalue weighted by molar-refractivity contribution is 7.85. The van der Waals surface area contributed by atoms with Crippen molar-refractivity contribution in [3.05, 3.63) is 29.4 Å². The lowest BCUT2D eigenvalue weighted by atomic mass is 9.91. The Hall–Kier alpha value is -3.16. The quantitative estimate of drug-likeness (QED) is 0.366. The van der Waals surface area contributed by atoms with Crippen molar-refractivity contribution in [3.8, 4) is 11.6 Å². The van der Waals surface area contributed by atoms with Crippen LogP contribution in [0, 0.1) is 11.3 Å². The van der Waals surface area contributed by atoms with Crippen molar-refractivity contribution < 1.29 is 41.2 Å². The van der Waals surface area contributed by atoms with E-state index in [4.69, 9.17) is 30.0 Å². The summed E-state index contributed by atoms with van der Waals surface area (Å²) in [6.45, 7) is 7.09. The normalized spacial score (nSPS) is 25.0. The van der Waals surface area contributed by atoms with Gasteiger partial charge in [-0.3, -0.25) is 18.7 Å². The second-order valence-electron chi connectivity index (χ2n) is 12.7. The lowest BCUT2D eigenvalue weighted by Crippen LogP contribution is -2.46. The molecule has 5 rings (SSSR count). The van der Waals surface area contributed by atoms with Gasteiger partial charge in [0.05, 0.1) is 36.2 Å². The van der Waals surface area contributed by atoms with Gasteiger partial charge in [-0.25, -0.2) is 14.5 Å². The molecule has 2 aliphatic carbocycles. The molecule has 1 aromatic heterocycles. The summed E-state index contributed by atoms with van der Waals surface area (Å²) in [4.78, 5) is 46.2. The Morgan fingerprint density at radius 2 is 1.86 bits per heavy atom. The van der Waals surface area contributed by atoms with Crippen molar-refractivity contribution in [2.24, 2.45) is 11.3 Å². The molecule has 3 aliphatic rings. The van der Waals surface area contributed by atoms with E-state index in [1.165, 1.54) is 12.0 Å². The number of hydrogen-bond acceptors (Lipinski definition) is 10. The van der Waals surface area contributed by atoms with Crippen molar-refractivity contribution >= 4 is 50.5 Å². The molecule has 44 heavy (non-hydrogen) atoms. The first kappa shape index (κ1) is 32.2. The average molecular weight is 652 g/mol. The Balaban J connectivity index is 1.37. The van der Waals surface area contributed by atoms with Gasteiger partial charge in [-0.15, -0.1) is 0 Å².